The summed E-state index contributed by atoms with van der Waals surface area (Å²) in [7, 11) is -9.85. The highest BCUT2D eigenvalue weighted by Gasteiger charge is 2.30. The van der Waals surface area contributed by atoms with Crippen molar-refractivity contribution in [1.29, 1.82) is 0 Å². The van der Waals surface area contributed by atoms with E-state index in [9.17, 15) is 43.2 Å². The number of aliphatic hydroxyl groups excluding tert-OH is 1. The maximum atomic E-state index is 12.9. The molecule has 0 aliphatic carbocycles. The minimum Gasteiger partial charge on any atom is -0.462 e. The molecule has 17 nitrogen and oxygen atoms in total. The number of carbonyl (C=O) groups is 4. The zero-order valence-electron chi connectivity index (χ0n) is 47.0. The predicted molar refractivity (Wildman–Crippen MR) is 289 cm³/mol. The monoisotopic (exact) mass is 1100 g/mol. The molecule has 6 atom stereocenters. The zero-order valence-corrected chi connectivity index (χ0v) is 48.7. The summed E-state index contributed by atoms with van der Waals surface area (Å²) in [4.78, 5) is 71.3. The van der Waals surface area contributed by atoms with Crippen molar-refractivity contribution in [2.75, 3.05) is 39.6 Å². The van der Waals surface area contributed by atoms with Gasteiger partial charge in [-0.1, -0.05) is 214 Å². The number of rotatable bonds is 55. The Labute approximate surface area is 447 Å². The number of hydrogen-bond acceptors (Lipinski definition) is 15. The lowest BCUT2D eigenvalue weighted by Gasteiger charge is -2.21. The van der Waals surface area contributed by atoms with Crippen LogP contribution >= 0.6 is 15.6 Å². The number of aliphatic hydroxyl groups is 1. The molecular formula is C55H106O17P2. The average molecular weight is 1100 g/mol. The van der Waals surface area contributed by atoms with Crippen molar-refractivity contribution in [2.45, 2.75) is 284 Å². The zero-order chi connectivity index (χ0) is 55.0. The summed E-state index contributed by atoms with van der Waals surface area (Å²) in [5.41, 5.74) is 0. The van der Waals surface area contributed by atoms with Crippen LogP contribution in [-0.2, 0) is 65.4 Å². The number of esters is 4. The van der Waals surface area contributed by atoms with Gasteiger partial charge in [0.2, 0.25) is 0 Å². The molecule has 74 heavy (non-hydrogen) atoms. The summed E-state index contributed by atoms with van der Waals surface area (Å²) in [6.07, 6.45) is 30.0. The van der Waals surface area contributed by atoms with Gasteiger partial charge in [-0.25, -0.2) is 9.13 Å². The molecule has 0 spiro atoms. The molecule has 0 aliphatic rings. The number of carbonyl (C=O) groups excluding carboxylic acids is 4. The highest BCUT2D eigenvalue weighted by Crippen LogP contribution is 2.45. The number of ether oxygens (including phenoxy) is 4. The molecule has 0 aromatic carbocycles. The predicted octanol–water partition coefficient (Wildman–Crippen LogP) is 14.3. The molecule has 0 radical (unpaired) electrons. The van der Waals surface area contributed by atoms with Crippen LogP contribution in [0.2, 0.25) is 0 Å². The van der Waals surface area contributed by atoms with Crippen LogP contribution < -0.4 is 0 Å². The summed E-state index contributed by atoms with van der Waals surface area (Å²) in [5.74, 6) is -1.40. The lowest BCUT2D eigenvalue weighted by Crippen LogP contribution is -2.30. The van der Waals surface area contributed by atoms with Crippen molar-refractivity contribution in [3.05, 3.63) is 0 Å². The molecular weight excluding hydrogens is 995 g/mol. The van der Waals surface area contributed by atoms with Crippen molar-refractivity contribution in [3.8, 4) is 0 Å². The first-order valence-corrected chi connectivity index (χ1v) is 32.2. The molecule has 0 aliphatic heterocycles. The second-order valence-corrected chi connectivity index (χ2v) is 23.1. The van der Waals surface area contributed by atoms with Gasteiger partial charge < -0.3 is 33.8 Å². The van der Waals surface area contributed by atoms with Gasteiger partial charge in [0.15, 0.2) is 12.2 Å². The molecule has 0 aromatic heterocycles. The van der Waals surface area contributed by atoms with Gasteiger partial charge in [-0.3, -0.25) is 37.3 Å². The SMILES string of the molecule is CCCCCCCCCCCCCCC(=O)OC[C@H](COP(=O)(O)OC[C@@H](O)COP(=O)(O)OC[C@@H](COC(=O)CCCCCCC)OC(=O)CCCCCCC)OC(=O)CCCCCCCCCCC(C)CC. The Bertz CT molecular complexity index is 1470. The normalized spacial score (nSPS) is 14.9. The van der Waals surface area contributed by atoms with Crippen molar-refractivity contribution in [3.63, 3.8) is 0 Å². The third-order valence-corrected chi connectivity index (χ3v) is 14.8. The molecule has 0 heterocycles. The van der Waals surface area contributed by atoms with Crippen molar-refractivity contribution >= 4 is 39.5 Å². The summed E-state index contributed by atoms with van der Waals surface area (Å²) in [5, 5.41) is 10.4. The Morgan fingerprint density at radius 3 is 0.959 bits per heavy atom. The van der Waals surface area contributed by atoms with E-state index in [-0.39, 0.29) is 25.7 Å². The number of phosphoric acid groups is 2. The van der Waals surface area contributed by atoms with Crippen molar-refractivity contribution in [1.82, 2.24) is 0 Å². The van der Waals surface area contributed by atoms with E-state index < -0.39 is 97.5 Å². The smallest absolute Gasteiger partial charge is 0.462 e. The molecule has 0 saturated heterocycles. The maximum absolute atomic E-state index is 12.9. The largest absolute Gasteiger partial charge is 0.472 e. The summed E-state index contributed by atoms with van der Waals surface area (Å²) in [6, 6.07) is 0. The van der Waals surface area contributed by atoms with Crippen LogP contribution in [0.25, 0.3) is 0 Å². The molecule has 19 heteroatoms. The second-order valence-electron chi connectivity index (χ2n) is 20.2. The topological polar surface area (TPSA) is 237 Å². The van der Waals surface area contributed by atoms with E-state index in [2.05, 4.69) is 34.6 Å². The molecule has 0 rings (SSSR count). The molecule has 0 fully saturated rings. The van der Waals surface area contributed by atoms with Crippen LogP contribution in [-0.4, -0.2) is 96.7 Å². The third kappa shape index (κ3) is 48.4. The van der Waals surface area contributed by atoms with Crippen molar-refractivity contribution < 1.29 is 80.2 Å². The van der Waals surface area contributed by atoms with E-state index in [4.69, 9.17) is 37.0 Å². The molecule has 0 bridgehead atoms. The Kier molecular flexibility index (Phi) is 48.1. The first-order valence-electron chi connectivity index (χ1n) is 29.2. The number of hydrogen-bond donors (Lipinski definition) is 3. The Morgan fingerprint density at radius 1 is 0.378 bits per heavy atom. The van der Waals surface area contributed by atoms with Crippen LogP contribution in [0, 0.1) is 5.92 Å². The lowest BCUT2D eigenvalue weighted by molar-refractivity contribution is -0.161. The summed E-state index contributed by atoms with van der Waals surface area (Å²) in [6.45, 7) is 6.94. The minimum absolute atomic E-state index is 0.0986. The number of phosphoric ester groups is 2. The Balaban J connectivity index is 5.15. The van der Waals surface area contributed by atoms with Gasteiger partial charge >= 0.3 is 39.5 Å². The van der Waals surface area contributed by atoms with Crippen LogP contribution in [0.4, 0.5) is 0 Å². The Morgan fingerprint density at radius 2 is 0.649 bits per heavy atom. The molecule has 0 saturated carbocycles. The van der Waals surface area contributed by atoms with Crippen molar-refractivity contribution in [2.24, 2.45) is 5.92 Å². The average Bonchev–Trinajstić information content (AvgIpc) is 3.37. The first-order chi connectivity index (χ1) is 35.6. The van der Waals surface area contributed by atoms with Crippen LogP contribution in [0.1, 0.15) is 266 Å². The van der Waals surface area contributed by atoms with Crippen LogP contribution in [0.5, 0.6) is 0 Å². The van der Waals surface area contributed by atoms with E-state index in [1.807, 2.05) is 0 Å². The van der Waals surface area contributed by atoms with Crippen LogP contribution in [0.3, 0.4) is 0 Å². The van der Waals surface area contributed by atoms with Gasteiger partial charge in [-0.05, 0) is 31.6 Å². The van der Waals surface area contributed by atoms with E-state index in [0.29, 0.717) is 25.7 Å². The standard InChI is InChI=1S/C55H106O17P2/c1-6-10-13-16-17-18-19-20-21-25-30-34-39-53(58)66-45-51(72-55(60)41-36-31-26-23-22-24-29-32-37-48(5)9-4)47-70-74(63,64)68-43-49(56)42-67-73(61,62)69-46-50(71-54(59)40-35-28-15-12-8-3)44-65-52(57)38-33-27-14-11-7-2/h48-51,56H,6-47H2,1-5H3,(H,61,62)(H,63,64)/t48?,49-,50+,51+/m0/s1. The van der Waals surface area contributed by atoms with Crippen LogP contribution in [0.15, 0.2) is 0 Å². The number of unbranched alkanes of at least 4 members (excludes halogenated alkanes) is 26. The third-order valence-electron chi connectivity index (χ3n) is 12.9. The second kappa shape index (κ2) is 49.4. The maximum Gasteiger partial charge on any atom is 0.472 e. The molecule has 3 N–H and O–H groups in total. The fourth-order valence-corrected chi connectivity index (χ4v) is 9.54. The van der Waals surface area contributed by atoms with E-state index >= 15 is 0 Å². The van der Waals surface area contributed by atoms with E-state index in [0.717, 1.165) is 102 Å². The van der Waals surface area contributed by atoms with Gasteiger partial charge in [-0.15, -0.1) is 0 Å². The molecule has 438 valence electrons. The molecule has 0 aromatic rings. The van der Waals surface area contributed by atoms with Gasteiger partial charge in [0.25, 0.3) is 0 Å². The summed E-state index contributed by atoms with van der Waals surface area (Å²) >= 11 is 0. The highest BCUT2D eigenvalue weighted by atomic mass is 31.2. The minimum atomic E-state index is -4.93. The van der Waals surface area contributed by atoms with Gasteiger partial charge in [-0.2, -0.15) is 0 Å². The first kappa shape index (κ1) is 72.1. The van der Waals surface area contributed by atoms with Gasteiger partial charge in [0.05, 0.1) is 26.4 Å². The van der Waals surface area contributed by atoms with Gasteiger partial charge in [0.1, 0.15) is 19.3 Å². The van der Waals surface area contributed by atoms with Gasteiger partial charge in [0, 0.05) is 25.7 Å². The molecule has 3 unspecified atom stereocenters. The highest BCUT2D eigenvalue weighted by molar-refractivity contribution is 7.47. The summed E-state index contributed by atoms with van der Waals surface area (Å²) < 4.78 is 67.2. The lowest BCUT2D eigenvalue weighted by atomic mass is 9.99. The van der Waals surface area contributed by atoms with E-state index in [1.165, 1.54) is 83.5 Å². The fraction of sp³-hybridized carbons (Fsp3) is 0.927. The fourth-order valence-electron chi connectivity index (χ4n) is 7.96. The quantitative estimate of drug-likeness (QED) is 0.0222. The molecule has 0 amide bonds. The van der Waals surface area contributed by atoms with E-state index in [1.54, 1.807) is 0 Å². The Hall–Kier alpha value is -1.94.